The lowest BCUT2D eigenvalue weighted by Gasteiger charge is -2.30. The van der Waals surface area contributed by atoms with E-state index in [1.54, 1.807) is 6.92 Å². The summed E-state index contributed by atoms with van der Waals surface area (Å²) in [5.74, 6) is 0.434. The summed E-state index contributed by atoms with van der Waals surface area (Å²) in [5, 5.41) is 18.6. The zero-order valence-corrected chi connectivity index (χ0v) is 7.96. The van der Waals surface area contributed by atoms with Crippen LogP contribution in [0.5, 0.6) is 0 Å². The van der Waals surface area contributed by atoms with Gasteiger partial charge in [0.15, 0.2) is 0 Å². The lowest BCUT2D eigenvalue weighted by atomic mass is 9.84. The number of aliphatic hydroxyl groups excluding tert-OH is 1. The van der Waals surface area contributed by atoms with Gasteiger partial charge < -0.3 is 10.2 Å². The van der Waals surface area contributed by atoms with Crippen LogP contribution in [0.4, 0.5) is 0 Å². The molecular weight excluding hydrogens is 140 g/mol. The fourth-order valence-electron chi connectivity index (χ4n) is 1.22. The summed E-state index contributed by atoms with van der Waals surface area (Å²) in [4.78, 5) is 0. The van der Waals surface area contributed by atoms with Crippen molar-refractivity contribution in [2.24, 2.45) is 11.8 Å². The maximum Gasteiger partial charge on any atom is 0.0669 e. The second kappa shape index (κ2) is 4.07. The predicted molar refractivity (Wildman–Crippen MR) is 46.3 cm³/mol. The van der Waals surface area contributed by atoms with Gasteiger partial charge in [-0.25, -0.2) is 0 Å². The zero-order chi connectivity index (χ0) is 9.07. The molecule has 0 heterocycles. The molecule has 2 heteroatoms. The highest BCUT2D eigenvalue weighted by atomic mass is 16.3. The van der Waals surface area contributed by atoms with E-state index in [2.05, 4.69) is 13.8 Å². The SMILES string of the molecule is CC(C)CC(C)(O)C(C)CO. The quantitative estimate of drug-likeness (QED) is 0.653. The largest absolute Gasteiger partial charge is 0.396 e. The number of hydrogen-bond donors (Lipinski definition) is 2. The van der Waals surface area contributed by atoms with Gasteiger partial charge in [-0.15, -0.1) is 0 Å². The van der Waals surface area contributed by atoms with E-state index in [1.807, 2.05) is 6.92 Å². The lowest BCUT2D eigenvalue weighted by molar-refractivity contribution is -0.0317. The summed E-state index contributed by atoms with van der Waals surface area (Å²) in [6, 6.07) is 0. The van der Waals surface area contributed by atoms with E-state index >= 15 is 0 Å². The third-order valence-corrected chi connectivity index (χ3v) is 2.16. The Kier molecular flexibility index (Phi) is 4.04. The van der Waals surface area contributed by atoms with Crippen LogP contribution in [-0.4, -0.2) is 22.4 Å². The molecule has 0 aromatic carbocycles. The highest BCUT2D eigenvalue weighted by molar-refractivity contribution is 4.79. The van der Waals surface area contributed by atoms with Gasteiger partial charge in [-0.1, -0.05) is 20.8 Å². The molecule has 0 fully saturated rings. The van der Waals surface area contributed by atoms with Crippen LogP contribution >= 0.6 is 0 Å². The molecule has 0 amide bonds. The summed E-state index contributed by atoms with van der Waals surface area (Å²) in [6.07, 6.45) is 0.745. The molecule has 0 spiro atoms. The van der Waals surface area contributed by atoms with Crippen LogP contribution in [0.2, 0.25) is 0 Å². The zero-order valence-electron chi connectivity index (χ0n) is 7.96. The van der Waals surface area contributed by atoms with Gasteiger partial charge in [0.05, 0.1) is 5.60 Å². The van der Waals surface area contributed by atoms with Crippen LogP contribution in [0.15, 0.2) is 0 Å². The molecule has 0 aliphatic heterocycles. The predicted octanol–water partition coefficient (Wildman–Crippen LogP) is 1.41. The Balaban J connectivity index is 3.98. The minimum Gasteiger partial charge on any atom is -0.396 e. The van der Waals surface area contributed by atoms with Gasteiger partial charge in [0.1, 0.15) is 0 Å². The van der Waals surface area contributed by atoms with Crippen LogP contribution in [-0.2, 0) is 0 Å². The first-order valence-corrected chi connectivity index (χ1v) is 4.23. The van der Waals surface area contributed by atoms with Crippen LogP contribution in [0.1, 0.15) is 34.1 Å². The van der Waals surface area contributed by atoms with E-state index < -0.39 is 5.60 Å². The van der Waals surface area contributed by atoms with E-state index in [9.17, 15) is 5.11 Å². The fourth-order valence-corrected chi connectivity index (χ4v) is 1.22. The van der Waals surface area contributed by atoms with Crippen molar-refractivity contribution in [1.82, 2.24) is 0 Å². The molecule has 0 bridgehead atoms. The monoisotopic (exact) mass is 160 g/mol. The topological polar surface area (TPSA) is 40.5 Å². The van der Waals surface area contributed by atoms with Gasteiger partial charge in [0.2, 0.25) is 0 Å². The summed E-state index contributed by atoms with van der Waals surface area (Å²) < 4.78 is 0. The Morgan fingerprint density at radius 3 is 2.00 bits per heavy atom. The van der Waals surface area contributed by atoms with Crippen LogP contribution in [0.3, 0.4) is 0 Å². The molecule has 2 nitrogen and oxygen atoms in total. The van der Waals surface area contributed by atoms with Crippen LogP contribution < -0.4 is 0 Å². The van der Waals surface area contributed by atoms with Crippen molar-refractivity contribution in [2.45, 2.75) is 39.7 Å². The molecule has 2 N–H and O–H groups in total. The maximum absolute atomic E-state index is 9.79. The highest BCUT2D eigenvalue weighted by Crippen LogP contribution is 2.24. The van der Waals surface area contributed by atoms with Crippen molar-refractivity contribution >= 4 is 0 Å². The van der Waals surface area contributed by atoms with E-state index in [0.29, 0.717) is 5.92 Å². The van der Waals surface area contributed by atoms with E-state index in [0.717, 1.165) is 6.42 Å². The first kappa shape index (κ1) is 10.9. The van der Waals surface area contributed by atoms with E-state index in [4.69, 9.17) is 5.11 Å². The molecular formula is C9H20O2. The summed E-state index contributed by atoms with van der Waals surface area (Å²) in [5.41, 5.74) is -0.719. The molecule has 0 aliphatic carbocycles. The normalized spacial score (nSPS) is 19.9. The highest BCUT2D eigenvalue weighted by Gasteiger charge is 2.28. The van der Waals surface area contributed by atoms with Crippen molar-refractivity contribution < 1.29 is 10.2 Å². The summed E-state index contributed by atoms with van der Waals surface area (Å²) >= 11 is 0. The second-order valence-electron chi connectivity index (χ2n) is 4.04. The standard InChI is InChI=1S/C9H20O2/c1-7(2)5-9(4,11)8(3)6-10/h7-8,10-11H,5-6H2,1-4H3. The second-order valence-corrected chi connectivity index (χ2v) is 4.04. The Bertz CT molecular complexity index is 108. The van der Waals surface area contributed by atoms with Crippen molar-refractivity contribution in [1.29, 1.82) is 0 Å². The van der Waals surface area contributed by atoms with Crippen LogP contribution in [0.25, 0.3) is 0 Å². The third kappa shape index (κ3) is 3.73. The van der Waals surface area contributed by atoms with Crippen LogP contribution in [0, 0.1) is 11.8 Å². The molecule has 0 rings (SSSR count). The number of aliphatic hydroxyl groups is 2. The number of rotatable bonds is 4. The van der Waals surface area contributed by atoms with E-state index in [1.165, 1.54) is 0 Å². The molecule has 0 aromatic rings. The molecule has 0 saturated heterocycles. The fraction of sp³-hybridized carbons (Fsp3) is 1.00. The summed E-state index contributed by atoms with van der Waals surface area (Å²) in [6.45, 7) is 7.84. The van der Waals surface area contributed by atoms with Crippen molar-refractivity contribution in [2.75, 3.05) is 6.61 Å². The average molecular weight is 160 g/mol. The van der Waals surface area contributed by atoms with Crippen molar-refractivity contribution in [3.05, 3.63) is 0 Å². The molecule has 2 atom stereocenters. The lowest BCUT2D eigenvalue weighted by Crippen LogP contribution is -2.36. The van der Waals surface area contributed by atoms with Gasteiger partial charge in [-0.2, -0.15) is 0 Å². The maximum atomic E-state index is 9.79. The molecule has 0 aliphatic rings. The molecule has 11 heavy (non-hydrogen) atoms. The minimum atomic E-state index is -0.719. The van der Waals surface area contributed by atoms with Crippen molar-refractivity contribution in [3.8, 4) is 0 Å². The summed E-state index contributed by atoms with van der Waals surface area (Å²) in [7, 11) is 0. The van der Waals surface area contributed by atoms with Gasteiger partial charge in [-0.05, 0) is 19.3 Å². The Hall–Kier alpha value is -0.0800. The molecule has 0 saturated carbocycles. The Morgan fingerprint density at radius 1 is 1.27 bits per heavy atom. The van der Waals surface area contributed by atoms with Gasteiger partial charge in [0, 0.05) is 12.5 Å². The molecule has 0 aromatic heterocycles. The van der Waals surface area contributed by atoms with Gasteiger partial charge in [-0.3, -0.25) is 0 Å². The van der Waals surface area contributed by atoms with Crippen molar-refractivity contribution in [3.63, 3.8) is 0 Å². The average Bonchev–Trinajstić information content (AvgIpc) is 1.83. The third-order valence-electron chi connectivity index (χ3n) is 2.16. The minimum absolute atomic E-state index is 0.0371. The number of hydrogen-bond acceptors (Lipinski definition) is 2. The first-order valence-electron chi connectivity index (χ1n) is 4.23. The van der Waals surface area contributed by atoms with Gasteiger partial charge in [0.25, 0.3) is 0 Å². The Morgan fingerprint density at radius 2 is 1.73 bits per heavy atom. The van der Waals surface area contributed by atoms with E-state index in [-0.39, 0.29) is 12.5 Å². The molecule has 2 unspecified atom stereocenters. The van der Waals surface area contributed by atoms with Gasteiger partial charge >= 0.3 is 0 Å². The Labute approximate surface area is 69.2 Å². The molecule has 0 radical (unpaired) electrons. The smallest absolute Gasteiger partial charge is 0.0669 e. The first-order chi connectivity index (χ1) is 4.90. The molecule has 68 valence electrons.